The maximum atomic E-state index is 13.3. The van der Waals surface area contributed by atoms with Crippen molar-refractivity contribution in [3.8, 4) is 17.0 Å². The monoisotopic (exact) mass is 417 g/mol. The summed E-state index contributed by atoms with van der Waals surface area (Å²) in [6.07, 6.45) is 2.31. The van der Waals surface area contributed by atoms with Gasteiger partial charge in [0.15, 0.2) is 11.5 Å². The molecule has 0 unspecified atom stereocenters. The fraction of sp³-hybridized carbons (Fsp3) is 0.0909. The fourth-order valence-corrected chi connectivity index (χ4v) is 4.32. The zero-order valence-electron chi connectivity index (χ0n) is 15.9. The number of benzene rings is 2. The quantitative estimate of drug-likeness (QED) is 0.320. The summed E-state index contributed by atoms with van der Waals surface area (Å²) < 4.78 is 13.3. The fourth-order valence-electron chi connectivity index (χ4n) is 3.41. The number of fused-ring (bicyclic) bond motifs is 2. The first-order valence-electron chi connectivity index (χ1n) is 9.37. The number of aromatic hydroxyl groups is 1. The van der Waals surface area contributed by atoms with Crippen LogP contribution in [0.2, 0.25) is 0 Å². The van der Waals surface area contributed by atoms with Gasteiger partial charge in [0.1, 0.15) is 17.0 Å². The number of rotatable bonds is 4. The van der Waals surface area contributed by atoms with Gasteiger partial charge in [0, 0.05) is 16.3 Å². The van der Waals surface area contributed by atoms with Crippen LogP contribution in [0.1, 0.15) is 12.5 Å². The summed E-state index contributed by atoms with van der Waals surface area (Å²) in [4.78, 5) is 12.3. The van der Waals surface area contributed by atoms with Crippen LogP contribution >= 0.6 is 11.3 Å². The molecule has 0 saturated heterocycles. The predicted molar refractivity (Wildman–Crippen MR) is 116 cm³/mol. The Morgan fingerprint density at radius 3 is 2.73 bits per heavy atom. The van der Waals surface area contributed by atoms with Crippen molar-refractivity contribution in [3.63, 3.8) is 0 Å². The number of aromatic nitrogens is 3. The third kappa shape index (κ3) is 3.11. The Kier molecular flexibility index (Phi) is 4.48. The SMILES string of the molecule is CCc1ccc2[nH]c(O)c(N=Nc3ncnc4scc(-c5ccc(F)cc5)c34)c2c1. The summed E-state index contributed by atoms with van der Waals surface area (Å²) in [7, 11) is 0. The van der Waals surface area contributed by atoms with Gasteiger partial charge in [-0.3, -0.25) is 0 Å². The molecule has 0 aliphatic rings. The van der Waals surface area contributed by atoms with Crippen molar-refractivity contribution in [2.75, 3.05) is 0 Å². The van der Waals surface area contributed by atoms with E-state index in [0.717, 1.165) is 44.2 Å². The lowest BCUT2D eigenvalue weighted by Crippen LogP contribution is -1.82. The molecule has 5 aromatic rings. The highest BCUT2D eigenvalue weighted by Gasteiger charge is 2.15. The minimum Gasteiger partial charge on any atom is -0.493 e. The summed E-state index contributed by atoms with van der Waals surface area (Å²) in [5, 5.41) is 22.5. The lowest BCUT2D eigenvalue weighted by atomic mass is 10.1. The van der Waals surface area contributed by atoms with E-state index in [1.54, 1.807) is 12.1 Å². The second-order valence-corrected chi connectivity index (χ2v) is 7.65. The van der Waals surface area contributed by atoms with Gasteiger partial charge in [-0.05, 0) is 41.8 Å². The molecule has 0 spiro atoms. The first-order valence-corrected chi connectivity index (χ1v) is 10.3. The summed E-state index contributed by atoms with van der Waals surface area (Å²) in [6.45, 7) is 2.07. The zero-order valence-corrected chi connectivity index (χ0v) is 16.7. The third-order valence-electron chi connectivity index (χ3n) is 4.97. The first-order chi connectivity index (χ1) is 14.6. The molecule has 0 radical (unpaired) electrons. The van der Waals surface area contributed by atoms with Crippen molar-refractivity contribution in [2.45, 2.75) is 13.3 Å². The second kappa shape index (κ2) is 7.31. The van der Waals surface area contributed by atoms with E-state index < -0.39 is 0 Å². The normalized spacial score (nSPS) is 11.8. The number of hydrogen-bond donors (Lipinski definition) is 2. The molecule has 3 aromatic heterocycles. The topological polar surface area (TPSA) is 86.5 Å². The third-order valence-corrected chi connectivity index (χ3v) is 5.86. The van der Waals surface area contributed by atoms with Gasteiger partial charge < -0.3 is 10.1 Å². The lowest BCUT2D eigenvalue weighted by Gasteiger charge is -2.01. The predicted octanol–water partition coefficient (Wildman–Crippen LogP) is 6.66. The van der Waals surface area contributed by atoms with Crippen LogP contribution in [0.3, 0.4) is 0 Å². The van der Waals surface area contributed by atoms with Crippen LogP contribution in [-0.2, 0) is 6.42 Å². The number of nitrogens with zero attached hydrogens (tertiary/aromatic N) is 4. The van der Waals surface area contributed by atoms with Crippen LogP contribution in [0.4, 0.5) is 15.9 Å². The molecule has 0 amide bonds. The van der Waals surface area contributed by atoms with E-state index in [4.69, 9.17) is 0 Å². The maximum Gasteiger partial charge on any atom is 0.218 e. The van der Waals surface area contributed by atoms with Crippen LogP contribution in [0.15, 0.2) is 64.4 Å². The van der Waals surface area contributed by atoms with Gasteiger partial charge in [-0.15, -0.1) is 21.6 Å². The van der Waals surface area contributed by atoms with E-state index in [1.165, 1.54) is 29.8 Å². The molecule has 2 aromatic carbocycles. The molecule has 0 aliphatic heterocycles. The van der Waals surface area contributed by atoms with Gasteiger partial charge in [0.2, 0.25) is 5.88 Å². The summed E-state index contributed by atoms with van der Waals surface area (Å²) in [5.74, 6) is 0.0491. The molecule has 3 heterocycles. The van der Waals surface area contributed by atoms with Crippen molar-refractivity contribution < 1.29 is 9.50 Å². The molecule has 8 heteroatoms. The van der Waals surface area contributed by atoms with Crippen LogP contribution in [-0.4, -0.2) is 20.1 Å². The van der Waals surface area contributed by atoms with Crippen LogP contribution in [0.5, 0.6) is 5.88 Å². The number of aromatic amines is 1. The van der Waals surface area contributed by atoms with E-state index >= 15 is 0 Å². The molecule has 30 heavy (non-hydrogen) atoms. The van der Waals surface area contributed by atoms with E-state index in [-0.39, 0.29) is 11.7 Å². The smallest absolute Gasteiger partial charge is 0.218 e. The van der Waals surface area contributed by atoms with Gasteiger partial charge in [-0.1, -0.05) is 25.1 Å². The highest BCUT2D eigenvalue weighted by atomic mass is 32.1. The first kappa shape index (κ1) is 18.4. The lowest BCUT2D eigenvalue weighted by molar-refractivity contribution is 0.459. The van der Waals surface area contributed by atoms with E-state index in [0.29, 0.717) is 11.5 Å². The average Bonchev–Trinajstić information content (AvgIpc) is 3.33. The molecule has 5 rings (SSSR count). The molecule has 0 atom stereocenters. The number of nitrogens with one attached hydrogen (secondary N) is 1. The van der Waals surface area contributed by atoms with Crippen LogP contribution < -0.4 is 0 Å². The average molecular weight is 417 g/mol. The Morgan fingerprint density at radius 1 is 1.10 bits per heavy atom. The summed E-state index contributed by atoms with van der Waals surface area (Å²) in [6, 6.07) is 12.2. The Balaban J connectivity index is 1.63. The van der Waals surface area contributed by atoms with Crippen molar-refractivity contribution in [1.29, 1.82) is 0 Å². The van der Waals surface area contributed by atoms with Gasteiger partial charge in [0.05, 0.1) is 10.9 Å². The number of hydrogen-bond acceptors (Lipinski definition) is 6. The maximum absolute atomic E-state index is 13.3. The van der Waals surface area contributed by atoms with Gasteiger partial charge in [-0.25, -0.2) is 14.4 Å². The molecule has 0 saturated carbocycles. The molecule has 0 aliphatic carbocycles. The van der Waals surface area contributed by atoms with E-state index in [9.17, 15) is 9.50 Å². The van der Waals surface area contributed by atoms with Crippen molar-refractivity contribution in [2.24, 2.45) is 10.2 Å². The summed E-state index contributed by atoms with van der Waals surface area (Å²) >= 11 is 1.46. The molecule has 6 nitrogen and oxygen atoms in total. The Bertz CT molecular complexity index is 1400. The minimum atomic E-state index is -0.296. The Labute approximate surface area is 174 Å². The number of H-pyrrole nitrogens is 1. The highest BCUT2D eigenvalue weighted by molar-refractivity contribution is 7.17. The molecule has 2 N–H and O–H groups in total. The van der Waals surface area contributed by atoms with Crippen molar-refractivity contribution >= 4 is 44.0 Å². The molecule has 0 bridgehead atoms. The molecule has 148 valence electrons. The van der Waals surface area contributed by atoms with Gasteiger partial charge >= 0.3 is 0 Å². The Hall–Kier alpha value is -3.65. The minimum absolute atomic E-state index is 0.0450. The number of aryl methyl sites for hydroxylation is 1. The molecular formula is C22H16FN5OS. The number of thiophene rings is 1. The largest absolute Gasteiger partial charge is 0.493 e. The highest BCUT2D eigenvalue weighted by Crippen LogP contribution is 2.40. The van der Waals surface area contributed by atoms with Gasteiger partial charge in [0.25, 0.3) is 0 Å². The van der Waals surface area contributed by atoms with Crippen molar-refractivity contribution in [1.82, 2.24) is 15.0 Å². The van der Waals surface area contributed by atoms with Crippen LogP contribution in [0, 0.1) is 5.82 Å². The number of azo groups is 1. The van der Waals surface area contributed by atoms with Crippen LogP contribution in [0.25, 0.3) is 32.2 Å². The number of halogens is 1. The Morgan fingerprint density at radius 2 is 1.93 bits per heavy atom. The van der Waals surface area contributed by atoms with E-state index in [1.807, 2.05) is 23.6 Å². The van der Waals surface area contributed by atoms with Gasteiger partial charge in [-0.2, -0.15) is 0 Å². The second-order valence-electron chi connectivity index (χ2n) is 6.79. The zero-order chi connectivity index (χ0) is 20.7. The van der Waals surface area contributed by atoms with Crippen molar-refractivity contribution in [3.05, 3.63) is 65.6 Å². The van der Waals surface area contributed by atoms with E-state index in [2.05, 4.69) is 32.1 Å². The molecule has 0 fully saturated rings. The standard InChI is InChI=1S/C22H16FN5OS/c1-2-12-3-8-17-15(9-12)19(21(29)26-17)27-28-20-18-16(10-30-22(18)25-11-24-20)13-4-6-14(23)7-5-13/h3-11,26,29H,2H2,1H3. The molecular weight excluding hydrogens is 401 g/mol. The summed E-state index contributed by atoms with van der Waals surface area (Å²) in [5.41, 5.74) is 4.00.